The van der Waals surface area contributed by atoms with Gasteiger partial charge in [0.2, 0.25) is 11.8 Å². The molecule has 2 heterocycles. The zero-order valence-corrected chi connectivity index (χ0v) is 19.2. The van der Waals surface area contributed by atoms with Crippen LogP contribution < -0.4 is 0 Å². The Kier molecular flexibility index (Phi) is 8.11. The van der Waals surface area contributed by atoms with Crippen LogP contribution in [0, 0.1) is 0 Å². The Bertz CT molecular complexity index is 1030. The number of carbonyl (C=O) groups excluding carboxylic acids is 2. The van der Waals surface area contributed by atoms with Crippen molar-refractivity contribution in [2.24, 2.45) is 0 Å². The molecule has 1 saturated heterocycles. The minimum absolute atomic E-state index is 0.0600. The predicted molar refractivity (Wildman–Crippen MR) is 128 cm³/mol. The van der Waals surface area contributed by atoms with E-state index in [1.54, 1.807) is 16.0 Å². The van der Waals surface area contributed by atoms with Crippen molar-refractivity contribution in [1.82, 2.24) is 14.8 Å². The third kappa shape index (κ3) is 6.91. The van der Waals surface area contributed by atoms with Gasteiger partial charge in [0.25, 0.3) is 0 Å². The summed E-state index contributed by atoms with van der Waals surface area (Å²) in [7, 11) is 0. The van der Waals surface area contributed by atoms with Gasteiger partial charge in [-0.1, -0.05) is 54.6 Å². The summed E-state index contributed by atoms with van der Waals surface area (Å²) < 4.78 is 6.15. The van der Waals surface area contributed by atoms with E-state index in [1.807, 2.05) is 78.9 Å². The Hall–Kier alpha value is -3.16. The van der Waals surface area contributed by atoms with E-state index in [9.17, 15) is 9.59 Å². The molecule has 0 radical (unpaired) electrons. The molecule has 3 aromatic rings. The largest absolute Gasteiger partial charge is 0.368 e. The van der Waals surface area contributed by atoms with Gasteiger partial charge in [-0.25, -0.2) is 0 Å². The molecule has 1 aliphatic rings. The number of hydrogen-bond donors (Lipinski definition) is 0. The maximum Gasteiger partial charge on any atom is 0.242 e. The minimum atomic E-state index is -0.298. The summed E-state index contributed by atoms with van der Waals surface area (Å²) in [6.07, 6.45) is 1.43. The molecular weight excluding hydrogens is 434 g/mol. The van der Waals surface area contributed by atoms with Crippen molar-refractivity contribution in [3.8, 4) is 0 Å². The average Bonchev–Trinajstić information content (AvgIpc) is 3.02. The zero-order chi connectivity index (χ0) is 22.9. The summed E-state index contributed by atoms with van der Waals surface area (Å²) in [5, 5.41) is 0. The standard InChI is InChI=1S/C26H27N3O3S/c30-25-18-29(26(31)20-33-24-12-5-2-6-13-24)17-23(32-19-22-11-7-8-14-27-22)16-28(25)15-21-9-3-1-4-10-21/h1-14,23H,15-20H2/t23-/m0/s1. The molecule has 33 heavy (non-hydrogen) atoms. The lowest BCUT2D eigenvalue weighted by molar-refractivity contribution is -0.137. The predicted octanol–water partition coefficient (Wildman–Crippen LogP) is 3.63. The fraction of sp³-hybridized carbons (Fsp3) is 0.269. The van der Waals surface area contributed by atoms with Crippen LogP contribution in [0.1, 0.15) is 11.3 Å². The van der Waals surface area contributed by atoms with E-state index in [2.05, 4.69) is 4.98 Å². The van der Waals surface area contributed by atoms with Crippen molar-refractivity contribution in [3.05, 3.63) is 96.3 Å². The van der Waals surface area contributed by atoms with E-state index < -0.39 is 0 Å². The van der Waals surface area contributed by atoms with Gasteiger partial charge in [-0.05, 0) is 29.8 Å². The van der Waals surface area contributed by atoms with Gasteiger partial charge in [0.1, 0.15) is 0 Å². The lowest BCUT2D eigenvalue weighted by atomic mass is 10.2. The van der Waals surface area contributed by atoms with Gasteiger partial charge in [-0.3, -0.25) is 14.6 Å². The number of aromatic nitrogens is 1. The number of amides is 2. The summed E-state index contributed by atoms with van der Waals surface area (Å²) in [5.74, 6) is 0.147. The van der Waals surface area contributed by atoms with Gasteiger partial charge >= 0.3 is 0 Å². The number of ether oxygens (including phenoxy) is 1. The molecule has 0 saturated carbocycles. The number of pyridine rings is 1. The zero-order valence-electron chi connectivity index (χ0n) is 18.4. The molecule has 0 unspecified atom stereocenters. The molecular formula is C26H27N3O3S. The Morgan fingerprint density at radius 1 is 0.970 bits per heavy atom. The molecule has 1 fully saturated rings. The van der Waals surface area contributed by atoms with E-state index in [0.717, 1.165) is 16.2 Å². The molecule has 1 atom stereocenters. The first-order valence-electron chi connectivity index (χ1n) is 11.0. The molecule has 0 spiro atoms. The van der Waals surface area contributed by atoms with Crippen LogP contribution >= 0.6 is 11.8 Å². The Morgan fingerprint density at radius 2 is 1.70 bits per heavy atom. The van der Waals surface area contributed by atoms with Crippen LogP contribution in [0.5, 0.6) is 0 Å². The van der Waals surface area contributed by atoms with E-state index in [1.165, 1.54) is 11.8 Å². The number of carbonyl (C=O) groups is 2. The van der Waals surface area contributed by atoms with Crippen LogP contribution in [-0.2, 0) is 27.5 Å². The molecule has 2 amide bonds. The first-order chi connectivity index (χ1) is 16.2. The van der Waals surface area contributed by atoms with Crippen LogP contribution in [0.3, 0.4) is 0 Å². The molecule has 2 aromatic carbocycles. The Morgan fingerprint density at radius 3 is 2.42 bits per heavy atom. The normalized spacial score (nSPS) is 16.5. The highest BCUT2D eigenvalue weighted by molar-refractivity contribution is 8.00. The average molecular weight is 462 g/mol. The molecule has 0 N–H and O–H groups in total. The molecule has 0 bridgehead atoms. The third-order valence-corrected chi connectivity index (χ3v) is 6.39. The second-order valence-electron chi connectivity index (χ2n) is 7.89. The molecule has 4 rings (SSSR count). The molecule has 1 aromatic heterocycles. The van der Waals surface area contributed by atoms with Gasteiger partial charge in [-0.15, -0.1) is 11.8 Å². The summed E-state index contributed by atoms with van der Waals surface area (Å²) in [6, 6.07) is 25.4. The number of thioether (sulfide) groups is 1. The maximum absolute atomic E-state index is 13.1. The van der Waals surface area contributed by atoms with Gasteiger partial charge in [-0.2, -0.15) is 0 Å². The highest BCUT2D eigenvalue weighted by Crippen LogP contribution is 2.19. The van der Waals surface area contributed by atoms with Crippen molar-refractivity contribution in [3.63, 3.8) is 0 Å². The van der Waals surface area contributed by atoms with E-state index in [4.69, 9.17) is 4.74 Å². The van der Waals surface area contributed by atoms with Crippen LogP contribution in [0.15, 0.2) is 90.0 Å². The van der Waals surface area contributed by atoms with Gasteiger partial charge in [0.15, 0.2) is 0 Å². The van der Waals surface area contributed by atoms with Crippen LogP contribution in [-0.4, -0.2) is 58.1 Å². The summed E-state index contributed by atoms with van der Waals surface area (Å²) >= 11 is 1.48. The lowest BCUT2D eigenvalue weighted by Crippen LogP contribution is -2.40. The first-order valence-corrected chi connectivity index (χ1v) is 11.9. The van der Waals surface area contributed by atoms with E-state index in [-0.39, 0.29) is 30.2 Å². The van der Waals surface area contributed by atoms with Gasteiger partial charge in [0, 0.05) is 30.7 Å². The van der Waals surface area contributed by atoms with E-state index >= 15 is 0 Å². The highest BCUT2D eigenvalue weighted by Gasteiger charge is 2.31. The minimum Gasteiger partial charge on any atom is -0.368 e. The lowest BCUT2D eigenvalue weighted by Gasteiger charge is -2.25. The topological polar surface area (TPSA) is 62.7 Å². The molecule has 7 heteroatoms. The smallest absolute Gasteiger partial charge is 0.242 e. The van der Waals surface area contributed by atoms with Crippen molar-refractivity contribution in [2.75, 3.05) is 25.4 Å². The van der Waals surface area contributed by atoms with Gasteiger partial charge < -0.3 is 14.5 Å². The van der Waals surface area contributed by atoms with Gasteiger partial charge in [0.05, 0.1) is 30.7 Å². The van der Waals surface area contributed by atoms with Crippen molar-refractivity contribution < 1.29 is 14.3 Å². The second-order valence-corrected chi connectivity index (χ2v) is 8.94. The quantitative estimate of drug-likeness (QED) is 0.480. The number of nitrogens with zero attached hydrogens (tertiary/aromatic N) is 3. The Labute approximate surface area is 198 Å². The van der Waals surface area contributed by atoms with Crippen LogP contribution in [0.4, 0.5) is 0 Å². The summed E-state index contributed by atoms with van der Waals surface area (Å²) in [4.78, 5) is 34.9. The van der Waals surface area contributed by atoms with Crippen molar-refractivity contribution in [2.45, 2.75) is 24.2 Å². The fourth-order valence-corrected chi connectivity index (χ4v) is 4.49. The number of rotatable bonds is 8. The molecule has 1 aliphatic heterocycles. The van der Waals surface area contributed by atoms with E-state index in [0.29, 0.717) is 26.2 Å². The summed E-state index contributed by atoms with van der Waals surface area (Å²) in [5.41, 5.74) is 1.87. The molecule has 6 nitrogen and oxygen atoms in total. The van der Waals surface area contributed by atoms with Crippen molar-refractivity contribution in [1.29, 1.82) is 0 Å². The second kappa shape index (κ2) is 11.6. The molecule has 170 valence electrons. The maximum atomic E-state index is 13.1. The fourth-order valence-electron chi connectivity index (χ4n) is 3.67. The third-order valence-electron chi connectivity index (χ3n) is 5.39. The highest BCUT2D eigenvalue weighted by atomic mass is 32.2. The Balaban J connectivity index is 1.45. The van der Waals surface area contributed by atoms with Crippen LogP contribution in [0.25, 0.3) is 0 Å². The van der Waals surface area contributed by atoms with Crippen molar-refractivity contribution >= 4 is 23.6 Å². The first kappa shape index (κ1) is 23.0. The number of hydrogen-bond acceptors (Lipinski definition) is 5. The summed E-state index contributed by atoms with van der Waals surface area (Å²) in [6.45, 7) is 1.68. The SMILES string of the molecule is O=C(CSc1ccccc1)N1CC(=O)N(Cc2ccccc2)C[C@H](OCc2ccccn2)C1. The monoisotopic (exact) mass is 461 g/mol. The number of benzene rings is 2. The van der Waals surface area contributed by atoms with Crippen LogP contribution in [0.2, 0.25) is 0 Å². The molecule has 0 aliphatic carbocycles.